The van der Waals surface area contributed by atoms with Crippen LogP contribution in [0.2, 0.25) is 0 Å². The maximum atomic E-state index is 11.5. The Labute approximate surface area is 98.9 Å². The summed E-state index contributed by atoms with van der Waals surface area (Å²) in [6.45, 7) is 0.377. The summed E-state index contributed by atoms with van der Waals surface area (Å²) >= 11 is 0. The van der Waals surface area contributed by atoms with E-state index in [1.807, 2.05) is 6.07 Å². The van der Waals surface area contributed by atoms with Crippen LogP contribution in [0.3, 0.4) is 0 Å². The Morgan fingerprint density at radius 1 is 1.12 bits per heavy atom. The third-order valence-corrected chi connectivity index (χ3v) is 2.76. The van der Waals surface area contributed by atoms with Crippen LogP contribution in [0.5, 0.6) is 0 Å². The first-order valence-corrected chi connectivity index (χ1v) is 5.16. The molecule has 2 amide bonds. The molecule has 0 atom stereocenters. The molecular weight excluding hydrogens is 218 g/mol. The molecule has 0 aromatic heterocycles. The molecule has 1 aromatic carbocycles. The van der Waals surface area contributed by atoms with Crippen molar-refractivity contribution in [3.8, 4) is 6.07 Å². The van der Waals surface area contributed by atoms with Gasteiger partial charge >= 0.3 is 0 Å². The van der Waals surface area contributed by atoms with Gasteiger partial charge in [-0.15, -0.1) is 0 Å². The summed E-state index contributed by atoms with van der Waals surface area (Å²) in [7, 11) is 1.49. The van der Waals surface area contributed by atoms with E-state index < -0.39 is 0 Å². The molecule has 0 radical (unpaired) electrons. The average molecular weight is 229 g/mol. The Hall–Kier alpha value is -2.35. The van der Waals surface area contributed by atoms with Crippen LogP contribution in [0.15, 0.2) is 24.3 Å². The molecule has 1 saturated heterocycles. The molecule has 0 unspecified atom stereocenters. The highest BCUT2D eigenvalue weighted by Gasteiger charge is 2.27. The molecule has 86 valence electrons. The normalized spacial score (nSPS) is 16.0. The van der Waals surface area contributed by atoms with E-state index in [-0.39, 0.29) is 24.9 Å². The summed E-state index contributed by atoms with van der Waals surface area (Å²) < 4.78 is 0. The number of hydrogen-bond donors (Lipinski definition) is 0. The number of nitrogens with zero attached hydrogens (tertiary/aromatic N) is 3. The molecule has 1 aliphatic rings. The van der Waals surface area contributed by atoms with Crippen LogP contribution in [0.4, 0.5) is 5.69 Å². The number of rotatable bonds is 1. The second kappa shape index (κ2) is 4.26. The molecule has 2 rings (SSSR count). The number of imide groups is 1. The van der Waals surface area contributed by atoms with Gasteiger partial charge in [0.15, 0.2) is 0 Å². The van der Waals surface area contributed by atoms with Crippen LogP contribution in [-0.4, -0.2) is 36.9 Å². The van der Waals surface area contributed by atoms with E-state index in [9.17, 15) is 9.59 Å². The lowest BCUT2D eigenvalue weighted by Gasteiger charge is -2.31. The van der Waals surface area contributed by atoms with E-state index >= 15 is 0 Å². The number of anilines is 1. The van der Waals surface area contributed by atoms with E-state index in [4.69, 9.17) is 5.26 Å². The Morgan fingerprint density at radius 2 is 1.65 bits per heavy atom. The van der Waals surface area contributed by atoms with Gasteiger partial charge in [0.1, 0.15) is 0 Å². The van der Waals surface area contributed by atoms with Crippen LogP contribution in [0.1, 0.15) is 5.56 Å². The van der Waals surface area contributed by atoms with E-state index in [2.05, 4.69) is 0 Å². The van der Waals surface area contributed by atoms with E-state index in [1.54, 1.807) is 29.2 Å². The van der Waals surface area contributed by atoms with Gasteiger partial charge in [-0.1, -0.05) is 0 Å². The zero-order valence-electron chi connectivity index (χ0n) is 9.38. The maximum Gasteiger partial charge on any atom is 0.248 e. The van der Waals surface area contributed by atoms with Crippen molar-refractivity contribution in [1.29, 1.82) is 5.26 Å². The average Bonchev–Trinajstić information content (AvgIpc) is 2.35. The van der Waals surface area contributed by atoms with Crippen molar-refractivity contribution in [2.45, 2.75) is 0 Å². The second-order valence-electron chi connectivity index (χ2n) is 3.86. The fourth-order valence-corrected chi connectivity index (χ4v) is 1.66. The number of hydrogen-bond acceptors (Lipinski definition) is 4. The van der Waals surface area contributed by atoms with Crippen molar-refractivity contribution in [3.63, 3.8) is 0 Å². The lowest BCUT2D eigenvalue weighted by molar-refractivity contribution is -0.143. The summed E-state index contributed by atoms with van der Waals surface area (Å²) in [6, 6.07) is 8.84. The smallest absolute Gasteiger partial charge is 0.248 e. The van der Waals surface area contributed by atoms with Crippen molar-refractivity contribution in [2.75, 3.05) is 25.0 Å². The molecule has 0 aliphatic carbocycles. The summed E-state index contributed by atoms with van der Waals surface area (Å²) in [4.78, 5) is 25.9. The number of carbonyl (C=O) groups is 2. The van der Waals surface area contributed by atoms with E-state index in [0.29, 0.717) is 5.56 Å². The molecule has 5 heteroatoms. The zero-order valence-corrected chi connectivity index (χ0v) is 9.38. The van der Waals surface area contributed by atoms with Crippen LogP contribution in [-0.2, 0) is 9.59 Å². The van der Waals surface area contributed by atoms with Crippen molar-refractivity contribution in [2.24, 2.45) is 0 Å². The third-order valence-electron chi connectivity index (χ3n) is 2.76. The van der Waals surface area contributed by atoms with Crippen molar-refractivity contribution >= 4 is 17.5 Å². The fraction of sp³-hybridized carbons (Fsp3) is 0.250. The monoisotopic (exact) mass is 229 g/mol. The number of amides is 2. The SMILES string of the molecule is CN1C(=O)CN(c2ccc(C#N)cc2)CC1=O. The van der Waals surface area contributed by atoms with Gasteiger partial charge in [-0.3, -0.25) is 14.5 Å². The third kappa shape index (κ3) is 2.11. The Balaban J connectivity index is 2.20. The first kappa shape index (κ1) is 11.1. The van der Waals surface area contributed by atoms with Gasteiger partial charge in [-0.25, -0.2) is 0 Å². The lowest BCUT2D eigenvalue weighted by atomic mass is 10.2. The van der Waals surface area contributed by atoms with Gasteiger partial charge < -0.3 is 4.90 Å². The summed E-state index contributed by atoms with van der Waals surface area (Å²) in [5.41, 5.74) is 1.33. The van der Waals surface area contributed by atoms with Gasteiger partial charge in [0.2, 0.25) is 11.8 Å². The predicted octanol–water partition coefficient (Wildman–Crippen LogP) is 0.363. The zero-order chi connectivity index (χ0) is 12.4. The molecular formula is C12H11N3O2. The number of likely N-dealkylation sites (N-methyl/N-ethyl adjacent to an activating group) is 1. The topological polar surface area (TPSA) is 64.4 Å². The summed E-state index contributed by atoms with van der Waals surface area (Å²) in [5, 5.41) is 8.68. The van der Waals surface area contributed by atoms with Gasteiger partial charge in [0.05, 0.1) is 24.7 Å². The standard InChI is InChI=1S/C12H11N3O2/c1-14-11(16)7-15(8-12(14)17)10-4-2-9(6-13)3-5-10/h2-5H,7-8H2,1H3. The second-order valence-corrected chi connectivity index (χ2v) is 3.86. The van der Waals surface area contributed by atoms with Crippen LogP contribution in [0.25, 0.3) is 0 Å². The first-order chi connectivity index (χ1) is 8.11. The van der Waals surface area contributed by atoms with E-state index in [1.165, 1.54) is 7.05 Å². The fourth-order valence-electron chi connectivity index (χ4n) is 1.66. The maximum absolute atomic E-state index is 11.5. The van der Waals surface area contributed by atoms with Crippen molar-refractivity contribution in [3.05, 3.63) is 29.8 Å². The number of piperazine rings is 1. The van der Waals surface area contributed by atoms with Crippen LogP contribution >= 0.6 is 0 Å². The quantitative estimate of drug-likeness (QED) is 0.652. The summed E-state index contributed by atoms with van der Waals surface area (Å²) in [6.07, 6.45) is 0. The van der Waals surface area contributed by atoms with Gasteiger partial charge in [-0.2, -0.15) is 5.26 Å². The van der Waals surface area contributed by atoms with E-state index in [0.717, 1.165) is 10.6 Å². The molecule has 5 nitrogen and oxygen atoms in total. The molecule has 1 fully saturated rings. The Bertz CT molecular complexity index is 483. The summed E-state index contributed by atoms with van der Waals surface area (Å²) in [5.74, 6) is -0.434. The van der Waals surface area contributed by atoms with Crippen molar-refractivity contribution in [1.82, 2.24) is 4.90 Å². The molecule has 0 N–H and O–H groups in total. The molecule has 1 aromatic rings. The predicted molar refractivity (Wildman–Crippen MR) is 61.1 cm³/mol. The molecule has 1 aliphatic heterocycles. The van der Waals surface area contributed by atoms with Crippen molar-refractivity contribution < 1.29 is 9.59 Å². The highest BCUT2D eigenvalue weighted by Crippen LogP contribution is 2.17. The van der Waals surface area contributed by atoms with Gasteiger partial charge in [0.25, 0.3) is 0 Å². The minimum Gasteiger partial charge on any atom is -0.353 e. The molecule has 0 spiro atoms. The number of benzene rings is 1. The number of nitriles is 1. The molecule has 0 saturated carbocycles. The Kier molecular flexibility index (Phi) is 2.79. The number of carbonyl (C=O) groups excluding carboxylic acids is 2. The van der Waals surface area contributed by atoms with Crippen LogP contribution in [0, 0.1) is 11.3 Å². The highest BCUT2D eigenvalue weighted by molar-refractivity contribution is 6.02. The Morgan fingerprint density at radius 3 is 2.12 bits per heavy atom. The molecule has 0 bridgehead atoms. The largest absolute Gasteiger partial charge is 0.353 e. The molecule has 1 heterocycles. The van der Waals surface area contributed by atoms with Gasteiger partial charge in [0, 0.05) is 12.7 Å². The molecule has 17 heavy (non-hydrogen) atoms. The van der Waals surface area contributed by atoms with Crippen LogP contribution < -0.4 is 4.90 Å². The van der Waals surface area contributed by atoms with Gasteiger partial charge in [-0.05, 0) is 24.3 Å². The lowest BCUT2D eigenvalue weighted by Crippen LogP contribution is -2.52. The minimum atomic E-state index is -0.217. The minimum absolute atomic E-state index is 0.189. The highest BCUT2D eigenvalue weighted by atomic mass is 16.2. The first-order valence-electron chi connectivity index (χ1n) is 5.16.